The molecule has 0 radical (unpaired) electrons. The average Bonchev–Trinajstić information content (AvgIpc) is 2.83. The van der Waals surface area contributed by atoms with Crippen molar-refractivity contribution in [1.82, 2.24) is 4.90 Å². The van der Waals surface area contributed by atoms with E-state index in [2.05, 4.69) is 31.3 Å². The Balaban J connectivity index is 1.97. The molecule has 0 aliphatic carbocycles. The number of anilines is 1. The van der Waals surface area contributed by atoms with E-state index in [0.717, 1.165) is 48.1 Å². The summed E-state index contributed by atoms with van der Waals surface area (Å²) >= 11 is 0. The molecule has 0 bridgehead atoms. The van der Waals surface area contributed by atoms with Crippen LogP contribution in [0.4, 0.5) is 10.5 Å². The van der Waals surface area contributed by atoms with Gasteiger partial charge in [-0.1, -0.05) is 56.0 Å². The van der Waals surface area contributed by atoms with E-state index < -0.39 is 12.1 Å². The van der Waals surface area contributed by atoms with Gasteiger partial charge in [-0.2, -0.15) is 0 Å². The smallest absolute Gasteiger partial charge is 0.333 e. The van der Waals surface area contributed by atoms with E-state index >= 15 is 0 Å². The number of carboxylic acids is 1. The number of urea groups is 1. The highest BCUT2D eigenvalue weighted by Crippen LogP contribution is 2.22. The number of ether oxygens (including phenoxy) is 2. The minimum Gasteiger partial charge on any atom is -0.492 e. The van der Waals surface area contributed by atoms with Gasteiger partial charge in [0.05, 0.1) is 6.54 Å². The molecule has 1 unspecified atom stereocenters. The molecule has 0 aromatic heterocycles. The lowest BCUT2D eigenvalue weighted by atomic mass is 10.1. The Morgan fingerprint density at radius 1 is 0.972 bits per heavy atom. The second-order valence-electron chi connectivity index (χ2n) is 9.23. The first-order valence-electron chi connectivity index (χ1n) is 12.9. The average molecular weight is 499 g/mol. The molecule has 198 valence electrons. The molecule has 1 atom stereocenters. The van der Waals surface area contributed by atoms with Crippen LogP contribution in [0.15, 0.2) is 36.4 Å². The van der Waals surface area contributed by atoms with Crippen molar-refractivity contribution in [2.75, 3.05) is 31.6 Å². The third-order valence-corrected chi connectivity index (χ3v) is 6.10. The molecule has 0 aliphatic rings. The molecular weight excluding hydrogens is 456 g/mol. The fraction of sp³-hybridized carbons (Fsp3) is 0.517. The monoisotopic (exact) mass is 498 g/mol. The van der Waals surface area contributed by atoms with Crippen molar-refractivity contribution in [2.24, 2.45) is 0 Å². The minimum absolute atomic E-state index is 0.115. The molecule has 7 heteroatoms. The van der Waals surface area contributed by atoms with Crippen LogP contribution in [0.2, 0.25) is 0 Å². The van der Waals surface area contributed by atoms with Crippen LogP contribution in [0.25, 0.3) is 0 Å². The largest absolute Gasteiger partial charge is 0.492 e. The maximum Gasteiger partial charge on any atom is 0.333 e. The SMILES string of the molecule is CCCCCCN(CCOc1ccc(CC(OCC)C(=O)O)cc1)C(=O)Nc1c(C)cc(C)cc1C. The van der Waals surface area contributed by atoms with Crippen molar-refractivity contribution in [3.8, 4) is 5.75 Å². The van der Waals surface area contributed by atoms with Gasteiger partial charge < -0.3 is 24.8 Å². The Kier molecular flexibility index (Phi) is 12.3. The summed E-state index contributed by atoms with van der Waals surface area (Å²) in [4.78, 5) is 26.3. The zero-order valence-corrected chi connectivity index (χ0v) is 22.4. The van der Waals surface area contributed by atoms with Crippen LogP contribution in [-0.2, 0) is 16.0 Å². The first-order valence-corrected chi connectivity index (χ1v) is 12.9. The van der Waals surface area contributed by atoms with Gasteiger partial charge in [-0.3, -0.25) is 0 Å². The minimum atomic E-state index is -0.967. The summed E-state index contributed by atoms with van der Waals surface area (Å²) in [5, 5.41) is 12.4. The topological polar surface area (TPSA) is 88.1 Å². The Hall–Kier alpha value is -3.06. The van der Waals surface area contributed by atoms with Crippen molar-refractivity contribution in [3.05, 3.63) is 58.7 Å². The maximum atomic E-state index is 13.2. The lowest BCUT2D eigenvalue weighted by Crippen LogP contribution is -2.39. The number of amides is 2. The molecule has 0 saturated carbocycles. The molecule has 36 heavy (non-hydrogen) atoms. The zero-order chi connectivity index (χ0) is 26.5. The number of carbonyl (C=O) groups excluding carboxylic acids is 1. The van der Waals surface area contributed by atoms with Gasteiger partial charge in [0.15, 0.2) is 6.10 Å². The number of rotatable bonds is 15. The second kappa shape index (κ2) is 15.1. The third-order valence-electron chi connectivity index (χ3n) is 6.10. The van der Waals surface area contributed by atoms with E-state index in [-0.39, 0.29) is 6.03 Å². The first-order chi connectivity index (χ1) is 17.2. The number of nitrogens with zero attached hydrogens (tertiary/aromatic N) is 1. The number of carboxylic acid groups (broad SMARTS) is 1. The Bertz CT molecular complexity index is 951. The van der Waals surface area contributed by atoms with E-state index in [4.69, 9.17) is 9.47 Å². The predicted molar refractivity (Wildman–Crippen MR) is 144 cm³/mol. The number of aryl methyl sites for hydroxylation is 3. The molecule has 2 aromatic rings. The molecule has 2 amide bonds. The summed E-state index contributed by atoms with van der Waals surface area (Å²) in [5.41, 5.74) is 5.02. The van der Waals surface area contributed by atoms with Crippen LogP contribution in [0, 0.1) is 20.8 Å². The number of aliphatic carboxylic acids is 1. The van der Waals surface area contributed by atoms with Gasteiger partial charge in [0, 0.05) is 25.3 Å². The van der Waals surface area contributed by atoms with Crippen molar-refractivity contribution in [2.45, 2.75) is 72.8 Å². The number of carbonyl (C=O) groups is 2. The number of hydrogen-bond donors (Lipinski definition) is 2. The molecule has 0 spiro atoms. The van der Waals surface area contributed by atoms with Gasteiger partial charge in [0.1, 0.15) is 12.4 Å². The molecule has 2 aromatic carbocycles. The fourth-order valence-corrected chi connectivity index (χ4v) is 4.24. The van der Waals surface area contributed by atoms with Crippen molar-refractivity contribution in [1.29, 1.82) is 0 Å². The van der Waals surface area contributed by atoms with Crippen molar-refractivity contribution >= 4 is 17.7 Å². The number of unbranched alkanes of at least 4 members (excludes halogenated alkanes) is 3. The normalized spacial score (nSPS) is 11.7. The Morgan fingerprint density at radius 2 is 1.64 bits per heavy atom. The van der Waals surface area contributed by atoms with E-state index in [1.807, 2.05) is 43.0 Å². The highest BCUT2D eigenvalue weighted by Gasteiger charge is 2.18. The van der Waals surface area contributed by atoms with Crippen LogP contribution >= 0.6 is 0 Å². The highest BCUT2D eigenvalue weighted by atomic mass is 16.5. The maximum absolute atomic E-state index is 13.2. The molecule has 2 rings (SSSR count). The Labute approximate surface area is 215 Å². The van der Waals surface area contributed by atoms with Crippen LogP contribution in [0.1, 0.15) is 61.8 Å². The lowest BCUT2D eigenvalue weighted by molar-refractivity contribution is -0.149. The number of nitrogens with one attached hydrogen (secondary N) is 1. The van der Waals surface area contributed by atoms with Gasteiger partial charge in [0.25, 0.3) is 0 Å². The summed E-state index contributed by atoms with van der Waals surface area (Å²) < 4.78 is 11.2. The van der Waals surface area contributed by atoms with Gasteiger partial charge >= 0.3 is 12.0 Å². The zero-order valence-electron chi connectivity index (χ0n) is 22.4. The molecule has 2 N–H and O–H groups in total. The number of hydrogen-bond acceptors (Lipinski definition) is 4. The molecule has 0 aliphatic heterocycles. The first kappa shape index (κ1) is 29.2. The van der Waals surface area contributed by atoms with Gasteiger partial charge in [-0.15, -0.1) is 0 Å². The predicted octanol–water partition coefficient (Wildman–Crippen LogP) is 6.14. The summed E-state index contributed by atoms with van der Waals surface area (Å²) in [6, 6.07) is 11.4. The number of benzene rings is 2. The van der Waals surface area contributed by atoms with Crippen LogP contribution < -0.4 is 10.1 Å². The van der Waals surface area contributed by atoms with E-state index in [9.17, 15) is 14.7 Å². The van der Waals surface area contributed by atoms with Crippen LogP contribution in [-0.4, -0.2) is 54.4 Å². The molecule has 0 heterocycles. The van der Waals surface area contributed by atoms with Gasteiger partial charge in [-0.05, 0) is 62.9 Å². The van der Waals surface area contributed by atoms with Crippen LogP contribution in [0.3, 0.4) is 0 Å². The van der Waals surface area contributed by atoms with E-state index in [0.29, 0.717) is 38.5 Å². The summed E-state index contributed by atoms with van der Waals surface area (Å²) in [6.45, 7) is 11.9. The molecule has 0 fully saturated rings. The second-order valence-corrected chi connectivity index (χ2v) is 9.23. The van der Waals surface area contributed by atoms with Gasteiger partial charge in [0.2, 0.25) is 0 Å². The molecule has 7 nitrogen and oxygen atoms in total. The standard InChI is InChI=1S/C29H42N2O5/c1-6-8-9-10-15-31(29(34)30-27-22(4)18-21(3)19-23(27)5)16-17-36-25-13-11-24(12-14-25)20-26(28(32)33)35-7-2/h11-14,18-19,26H,6-10,15-17,20H2,1-5H3,(H,30,34)(H,32,33). The quantitative estimate of drug-likeness (QED) is 0.288. The van der Waals surface area contributed by atoms with Crippen molar-refractivity contribution < 1.29 is 24.2 Å². The summed E-state index contributed by atoms with van der Waals surface area (Å²) in [6.07, 6.45) is 3.78. The lowest BCUT2D eigenvalue weighted by Gasteiger charge is -2.24. The molecule has 0 saturated heterocycles. The Morgan fingerprint density at radius 3 is 2.22 bits per heavy atom. The van der Waals surface area contributed by atoms with Crippen molar-refractivity contribution in [3.63, 3.8) is 0 Å². The summed E-state index contributed by atoms with van der Waals surface area (Å²) in [7, 11) is 0. The third kappa shape index (κ3) is 9.53. The van der Waals surface area contributed by atoms with E-state index in [1.165, 1.54) is 5.56 Å². The molecular formula is C29H42N2O5. The fourth-order valence-electron chi connectivity index (χ4n) is 4.24. The van der Waals surface area contributed by atoms with E-state index in [1.54, 1.807) is 6.92 Å². The summed E-state index contributed by atoms with van der Waals surface area (Å²) in [5.74, 6) is -0.288. The highest BCUT2D eigenvalue weighted by molar-refractivity contribution is 5.91. The van der Waals surface area contributed by atoms with Crippen LogP contribution in [0.5, 0.6) is 5.75 Å². The van der Waals surface area contributed by atoms with Gasteiger partial charge in [-0.25, -0.2) is 9.59 Å².